The standard InChI is InChI=1S/C7H11O/c8-7-4-5-1-2-6(7)3-5/h5-7H,1-4H2/q-1. The summed E-state index contributed by atoms with van der Waals surface area (Å²) in [6.07, 6.45) is 4.66. The predicted molar refractivity (Wildman–Crippen MR) is 29.2 cm³/mol. The van der Waals surface area contributed by atoms with Gasteiger partial charge in [0.1, 0.15) is 0 Å². The van der Waals surface area contributed by atoms with E-state index >= 15 is 0 Å². The third kappa shape index (κ3) is 0.510. The summed E-state index contributed by atoms with van der Waals surface area (Å²) in [5, 5.41) is 10.9. The first-order chi connectivity index (χ1) is 3.86. The molecule has 2 bridgehead atoms. The first-order valence-electron chi connectivity index (χ1n) is 3.52. The molecule has 0 amide bonds. The Balaban J connectivity index is 2.11. The van der Waals surface area contributed by atoms with Crippen molar-refractivity contribution in [2.24, 2.45) is 11.8 Å². The largest absolute Gasteiger partial charge is 0.852 e. The van der Waals surface area contributed by atoms with Gasteiger partial charge in [-0.05, 0) is 12.3 Å². The molecule has 0 saturated heterocycles. The molecule has 0 aromatic carbocycles. The lowest BCUT2D eigenvalue weighted by Crippen LogP contribution is -2.30. The molecule has 8 heavy (non-hydrogen) atoms. The van der Waals surface area contributed by atoms with E-state index in [1.165, 1.54) is 19.3 Å². The van der Waals surface area contributed by atoms with Gasteiger partial charge < -0.3 is 5.11 Å². The SMILES string of the molecule is [O-]C1CC2CCC1C2. The van der Waals surface area contributed by atoms with Gasteiger partial charge in [0.15, 0.2) is 0 Å². The highest BCUT2D eigenvalue weighted by atomic mass is 16.3. The third-order valence-electron chi connectivity index (χ3n) is 2.67. The molecule has 0 heterocycles. The summed E-state index contributed by atoms with van der Waals surface area (Å²) in [5.41, 5.74) is 0. The van der Waals surface area contributed by atoms with Crippen LogP contribution < -0.4 is 5.11 Å². The van der Waals surface area contributed by atoms with Gasteiger partial charge in [-0.3, -0.25) is 0 Å². The molecule has 0 aromatic heterocycles. The molecule has 0 spiro atoms. The number of rotatable bonds is 0. The van der Waals surface area contributed by atoms with Gasteiger partial charge in [-0.1, -0.05) is 25.2 Å². The summed E-state index contributed by atoms with van der Waals surface area (Å²) in [4.78, 5) is 0. The second-order valence-electron chi connectivity index (χ2n) is 3.21. The lowest BCUT2D eigenvalue weighted by Gasteiger charge is -2.26. The van der Waals surface area contributed by atoms with Gasteiger partial charge in [0.2, 0.25) is 0 Å². The molecule has 2 fully saturated rings. The summed E-state index contributed by atoms with van der Waals surface area (Å²) >= 11 is 0. The maximum absolute atomic E-state index is 10.9. The predicted octanol–water partition coefficient (Wildman–Crippen LogP) is 0.535. The summed E-state index contributed by atoms with van der Waals surface area (Å²) in [6, 6.07) is 0. The van der Waals surface area contributed by atoms with E-state index in [0.29, 0.717) is 5.92 Å². The van der Waals surface area contributed by atoms with Crippen molar-refractivity contribution >= 4 is 0 Å². The molecule has 1 nitrogen and oxygen atoms in total. The Morgan fingerprint density at radius 2 is 2.00 bits per heavy atom. The minimum atomic E-state index is -0.172. The van der Waals surface area contributed by atoms with Gasteiger partial charge in [-0.15, -0.1) is 6.10 Å². The molecular weight excluding hydrogens is 100 g/mol. The lowest BCUT2D eigenvalue weighted by atomic mass is 9.98. The number of fused-ring (bicyclic) bond motifs is 2. The Hall–Kier alpha value is -0.0400. The van der Waals surface area contributed by atoms with Crippen molar-refractivity contribution in [3.05, 3.63) is 0 Å². The second kappa shape index (κ2) is 1.47. The first kappa shape index (κ1) is 4.80. The van der Waals surface area contributed by atoms with E-state index in [-0.39, 0.29) is 6.10 Å². The molecule has 1 heteroatoms. The highest BCUT2D eigenvalue weighted by Gasteiger charge is 2.33. The van der Waals surface area contributed by atoms with E-state index in [2.05, 4.69) is 0 Å². The molecule has 2 saturated carbocycles. The van der Waals surface area contributed by atoms with Crippen LogP contribution in [0.15, 0.2) is 0 Å². The zero-order chi connectivity index (χ0) is 5.56. The van der Waals surface area contributed by atoms with Gasteiger partial charge >= 0.3 is 0 Å². The summed E-state index contributed by atoms with van der Waals surface area (Å²) in [5.74, 6) is 1.42. The van der Waals surface area contributed by atoms with Crippen molar-refractivity contribution in [2.45, 2.75) is 31.8 Å². The summed E-state index contributed by atoms with van der Waals surface area (Å²) < 4.78 is 0. The van der Waals surface area contributed by atoms with E-state index in [0.717, 1.165) is 12.3 Å². The molecule has 2 aliphatic rings. The van der Waals surface area contributed by atoms with Crippen LogP contribution in [0, 0.1) is 11.8 Å². The van der Waals surface area contributed by atoms with E-state index in [1.807, 2.05) is 0 Å². The first-order valence-corrected chi connectivity index (χ1v) is 3.52. The van der Waals surface area contributed by atoms with E-state index in [1.54, 1.807) is 0 Å². The minimum Gasteiger partial charge on any atom is -0.852 e. The average molecular weight is 111 g/mol. The van der Waals surface area contributed by atoms with Crippen molar-refractivity contribution in [3.8, 4) is 0 Å². The van der Waals surface area contributed by atoms with Crippen LogP contribution in [0.2, 0.25) is 0 Å². The maximum Gasteiger partial charge on any atom is -0.0422 e. The molecule has 0 aliphatic heterocycles. The van der Waals surface area contributed by atoms with Crippen LogP contribution in [0.4, 0.5) is 0 Å². The van der Waals surface area contributed by atoms with Crippen LogP contribution >= 0.6 is 0 Å². The van der Waals surface area contributed by atoms with E-state index in [9.17, 15) is 5.11 Å². The molecular formula is C7H11O-. The molecule has 2 rings (SSSR count). The minimum absolute atomic E-state index is 0.172. The van der Waals surface area contributed by atoms with Crippen molar-refractivity contribution in [1.29, 1.82) is 0 Å². The highest BCUT2D eigenvalue weighted by molar-refractivity contribution is 4.88. The molecule has 46 valence electrons. The van der Waals surface area contributed by atoms with Gasteiger partial charge in [-0.2, -0.15) is 0 Å². The van der Waals surface area contributed by atoms with Crippen LogP contribution in [0.3, 0.4) is 0 Å². The van der Waals surface area contributed by atoms with Gasteiger partial charge in [0, 0.05) is 0 Å². The van der Waals surface area contributed by atoms with Crippen LogP contribution in [0.5, 0.6) is 0 Å². The van der Waals surface area contributed by atoms with Crippen LogP contribution in [-0.4, -0.2) is 6.10 Å². The number of hydrogen-bond donors (Lipinski definition) is 0. The quantitative estimate of drug-likeness (QED) is 0.447. The zero-order valence-corrected chi connectivity index (χ0v) is 4.97. The van der Waals surface area contributed by atoms with Crippen molar-refractivity contribution in [1.82, 2.24) is 0 Å². The topological polar surface area (TPSA) is 23.1 Å². The fourth-order valence-corrected chi connectivity index (χ4v) is 2.19. The van der Waals surface area contributed by atoms with Crippen LogP contribution in [-0.2, 0) is 0 Å². The third-order valence-corrected chi connectivity index (χ3v) is 2.67. The smallest absolute Gasteiger partial charge is 0.0422 e. The van der Waals surface area contributed by atoms with Crippen LogP contribution in [0.1, 0.15) is 25.7 Å². The van der Waals surface area contributed by atoms with Crippen molar-refractivity contribution in [3.63, 3.8) is 0 Å². The molecule has 3 atom stereocenters. The Labute approximate surface area is 49.7 Å². The monoisotopic (exact) mass is 111 g/mol. The Bertz CT molecular complexity index is 98.6. The average Bonchev–Trinajstić information content (AvgIpc) is 2.23. The van der Waals surface area contributed by atoms with E-state index in [4.69, 9.17) is 0 Å². The Morgan fingerprint density at radius 3 is 2.25 bits per heavy atom. The van der Waals surface area contributed by atoms with Gasteiger partial charge in [0.25, 0.3) is 0 Å². The molecule has 3 unspecified atom stereocenters. The van der Waals surface area contributed by atoms with Crippen LogP contribution in [0.25, 0.3) is 0 Å². The fraction of sp³-hybridized carbons (Fsp3) is 1.00. The molecule has 0 aromatic rings. The normalized spacial score (nSPS) is 52.9. The molecule has 0 N–H and O–H groups in total. The van der Waals surface area contributed by atoms with Gasteiger partial charge in [-0.25, -0.2) is 0 Å². The fourth-order valence-electron chi connectivity index (χ4n) is 2.19. The molecule has 0 radical (unpaired) electrons. The molecule has 2 aliphatic carbocycles. The Morgan fingerprint density at radius 1 is 1.12 bits per heavy atom. The summed E-state index contributed by atoms with van der Waals surface area (Å²) in [6.45, 7) is 0. The van der Waals surface area contributed by atoms with Gasteiger partial charge in [0.05, 0.1) is 0 Å². The Kier molecular flexibility index (Phi) is 0.884. The highest BCUT2D eigenvalue weighted by Crippen LogP contribution is 2.43. The lowest BCUT2D eigenvalue weighted by molar-refractivity contribution is -0.431. The zero-order valence-electron chi connectivity index (χ0n) is 4.97. The second-order valence-corrected chi connectivity index (χ2v) is 3.21. The van der Waals surface area contributed by atoms with Crippen molar-refractivity contribution < 1.29 is 5.11 Å². The van der Waals surface area contributed by atoms with E-state index < -0.39 is 0 Å². The maximum atomic E-state index is 10.9. The van der Waals surface area contributed by atoms with Crippen molar-refractivity contribution in [2.75, 3.05) is 0 Å². The summed E-state index contributed by atoms with van der Waals surface area (Å²) in [7, 11) is 0. The number of hydrogen-bond acceptors (Lipinski definition) is 1.